The van der Waals surface area contributed by atoms with Gasteiger partial charge in [0.15, 0.2) is 0 Å². The van der Waals surface area contributed by atoms with E-state index in [1.54, 1.807) is 12.4 Å². The van der Waals surface area contributed by atoms with Crippen molar-refractivity contribution < 1.29 is 9.53 Å². The Morgan fingerprint density at radius 3 is 2.83 bits per heavy atom. The van der Waals surface area contributed by atoms with E-state index in [4.69, 9.17) is 16.3 Å². The monoisotopic (exact) mass is 342 g/mol. The number of pyridine rings is 1. The van der Waals surface area contributed by atoms with Crippen LogP contribution in [0.3, 0.4) is 0 Å². The zero-order valence-corrected chi connectivity index (χ0v) is 14.1. The van der Waals surface area contributed by atoms with Gasteiger partial charge in [-0.05, 0) is 48.6 Å². The molecular formula is C19H19ClN2O2. The summed E-state index contributed by atoms with van der Waals surface area (Å²) in [5, 5.41) is 3.69. The second-order valence-corrected chi connectivity index (χ2v) is 7.01. The van der Waals surface area contributed by atoms with Gasteiger partial charge in [0.25, 0.3) is 0 Å². The molecule has 4 rings (SSSR count). The van der Waals surface area contributed by atoms with E-state index in [1.807, 2.05) is 24.3 Å². The van der Waals surface area contributed by atoms with Crippen molar-refractivity contribution in [1.82, 2.24) is 10.3 Å². The second-order valence-electron chi connectivity index (χ2n) is 6.57. The molecule has 2 aliphatic rings. The highest BCUT2D eigenvalue weighted by Gasteiger charge is 2.28. The van der Waals surface area contributed by atoms with Gasteiger partial charge in [-0.3, -0.25) is 9.78 Å². The Bertz CT molecular complexity index is 759. The van der Waals surface area contributed by atoms with Crippen LogP contribution in [0, 0.1) is 5.92 Å². The Balaban J connectivity index is 1.48. The van der Waals surface area contributed by atoms with Crippen LogP contribution < -0.4 is 10.1 Å². The number of carbonyl (C=O) groups excluding carboxylic acids is 1. The summed E-state index contributed by atoms with van der Waals surface area (Å²) in [6.07, 6.45) is 7.26. The standard InChI is InChI=1S/C19H19ClN2O2/c20-15-8-14-9-16(11-22-18(23)7-12-1-2-12)24-19(14)17(10-15)13-3-5-21-6-4-13/h3-6,8,10,12,16H,1-2,7,9,11H2,(H,22,23). The van der Waals surface area contributed by atoms with Crippen LogP contribution in [0.5, 0.6) is 5.75 Å². The molecule has 124 valence electrons. The summed E-state index contributed by atoms with van der Waals surface area (Å²) in [5.41, 5.74) is 3.10. The van der Waals surface area contributed by atoms with Crippen molar-refractivity contribution in [3.05, 3.63) is 47.2 Å². The SMILES string of the molecule is O=C(CC1CC1)NCC1Cc2cc(Cl)cc(-c3ccncc3)c2O1. The summed E-state index contributed by atoms with van der Waals surface area (Å²) >= 11 is 6.28. The number of benzene rings is 1. The fourth-order valence-electron chi connectivity index (χ4n) is 3.14. The van der Waals surface area contributed by atoms with E-state index < -0.39 is 0 Å². The molecule has 1 fully saturated rings. The van der Waals surface area contributed by atoms with Crippen molar-refractivity contribution in [2.75, 3.05) is 6.54 Å². The van der Waals surface area contributed by atoms with E-state index >= 15 is 0 Å². The Morgan fingerprint density at radius 2 is 2.08 bits per heavy atom. The van der Waals surface area contributed by atoms with Gasteiger partial charge >= 0.3 is 0 Å². The molecule has 1 amide bonds. The van der Waals surface area contributed by atoms with Gasteiger partial charge in [-0.25, -0.2) is 0 Å². The van der Waals surface area contributed by atoms with E-state index in [2.05, 4.69) is 10.3 Å². The Kier molecular flexibility index (Phi) is 4.15. The molecule has 1 unspecified atom stereocenters. The van der Waals surface area contributed by atoms with Crippen molar-refractivity contribution in [3.8, 4) is 16.9 Å². The number of nitrogens with zero attached hydrogens (tertiary/aromatic N) is 1. The number of ether oxygens (including phenoxy) is 1. The van der Waals surface area contributed by atoms with Crippen LogP contribution in [0.2, 0.25) is 5.02 Å². The molecule has 24 heavy (non-hydrogen) atoms. The molecule has 0 saturated heterocycles. The number of rotatable bonds is 5. The Labute approximate surface area is 146 Å². The highest BCUT2D eigenvalue weighted by molar-refractivity contribution is 6.31. The molecule has 1 saturated carbocycles. The van der Waals surface area contributed by atoms with Crippen LogP contribution in [0.1, 0.15) is 24.8 Å². The van der Waals surface area contributed by atoms with Crippen LogP contribution in [0.4, 0.5) is 0 Å². The first-order valence-electron chi connectivity index (χ1n) is 8.35. The molecule has 5 heteroatoms. The first-order valence-corrected chi connectivity index (χ1v) is 8.73. The third-order valence-corrected chi connectivity index (χ3v) is 4.77. The number of nitrogens with one attached hydrogen (secondary N) is 1. The largest absolute Gasteiger partial charge is 0.487 e. The number of carbonyl (C=O) groups is 1. The van der Waals surface area contributed by atoms with E-state index in [-0.39, 0.29) is 12.0 Å². The predicted octanol–water partition coefficient (Wildman–Crippen LogP) is 3.62. The van der Waals surface area contributed by atoms with Gasteiger partial charge < -0.3 is 10.1 Å². The summed E-state index contributed by atoms with van der Waals surface area (Å²) in [7, 11) is 0. The normalized spacial score (nSPS) is 18.8. The maximum atomic E-state index is 11.9. The third kappa shape index (κ3) is 3.39. The molecule has 0 radical (unpaired) electrons. The molecule has 0 bridgehead atoms. The molecule has 4 nitrogen and oxygen atoms in total. The van der Waals surface area contributed by atoms with Crippen LogP contribution in [-0.2, 0) is 11.2 Å². The van der Waals surface area contributed by atoms with Crippen LogP contribution >= 0.6 is 11.6 Å². The quantitative estimate of drug-likeness (QED) is 0.902. The van der Waals surface area contributed by atoms with E-state index in [0.29, 0.717) is 23.9 Å². The van der Waals surface area contributed by atoms with Crippen molar-refractivity contribution >= 4 is 17.5 Å². The van der Waals surface area contributed by atoms with Crippen molar-refractivity contribution in [2.45, 2.75) is 31.8 Å². The molecule has 2 aromatic rings. The molecular weight excluding hydrogens is 324 g/mol. The first kappa shape index (κ1) is 15.5. The first-order chi connectivity index (χ1) is 11.7. The smallest absolute Gasteiger partial charge is 0.220 e. The summed E-state index contributed by atoms with van der Waals surface area (Å²) in [4.78, 5) is 15.9. The van der Waals surface area contributed by atoms with Crippen molar-refractivity contribution in [2.24, 2.45) is 5.92 Å². The van der Waals surface area contributed by atoms with Gasteiger partial charge in [0.05, 0.1) is 6.54 Å². The lowest BCUT2D eigenvalue weighted by Gasteiger charge is -2.13. The number of halogens is 1. The van der Waals surface area contributed by atoms with E-state index in [1.165, 1.54) is 12.8 Å². The summed E-state index contributed by atoms with van der Waals surface area (Å²) in [5.74, 6) is 1.60. The fraction of sp³-hybridized carbons (Fsp3) is 0.368. The van der Waals surface area contributed by atoms with Gasteiger partial charge in [0.2, 0.25) is 5.91 Å². The lowest BCUT2D eigenvalue weighted by Crippen LogP contribution is -2.34. The second kappa shape index (κ2) is 6.44. The minimum Gasteiger partial charge on any atom is -0.487 e. The lowest BCUT2D eigenvalue weighted by atomic mass is 10.0. The zero-order valence-electron chi connectivity index (χ0n) is 13.3. The number of hydrogen-bond acceptors (Lipinski definition) is 3. The Hall–Kier alpha value is -2.07. The average molecular weight is 343 g/mol. The van der Waals surface area contributed by atoms with Gasteiger partial charge in [-0.15, -0.1) is 0 Å². The third-order valence-electron chi connectivity index (χ3n) is 4.55. The Morgan fingerprint density at radius 1 is 1.29 bits per heavy atom. The minimum atomic E-state index is -0.0396. The van der Waals surface area contributed by atoms with Crippen LogP contribution in [0.15, 0.2) is 36.7 Å². The maximum absolute atomic E-state index is 11.9. The van der Waals surface area contributed by atoms with Gasteiger partial charge in [-0.2, -0.15) is 0 Å². The molecule has 1 aliphatic heterocycles. The van der Waals surface area contributed by atoms with Gasteiger partial charge in [0, 0.05) is 41.4 Å². The van der Waals surface area contributed by atoms with Crippen molar-refractivity contribution in [3.63, 3.8) is 0 Å². The topological polar surface area (TPSA) is 51.2 Å². The number of amides is 1. The van der Waals surface area contributed by atoms with Gasteiger partial charge in [-0.1, -0.05) is 11.6 Å². The number of aromatic nitrogens is 1. The molecule has 0 spiro atoms. The average Bonchev–Trinajstić information content (AvgIpc) is 3.30. The zero-order chi connectivity index (χ0) is 16.5. The van der Waals surface area contributed by atoms with E-state index in [0.717, 1.165) is 28.9 Å². The van der Waals surface area contributed by atoms with Crippen LogP contribution in [-0.4, -0.2) is 23.5 Å². The number of fused-ring (bicyclic) bond motifs is 1. The van der Waals surface area contributed by atoms with E-state index in [9.17, 15) is 4.79 Å². The van der Waals surface area contributed by atoms with Gasteiger partial charge in [0.1, 0.15) is 11.9 Å². The maximum Gasteiger partial charge on any atom is 0.220 e. The predicted molar refractivity (Wildman–Crippen MR) is 93.2 cm³/mol. The highest BCUT2D eigenvalue weighted by Crippen LogP contribution is 2.40. The summed E-state index contributed by atoms with van der Waals surface area (Å²) in [6.45, 7) is 0.535. The summed E-state index contributed by atoms with van der Waals surface area (Å²) < 4.78 is 6.12. The highest BCUT2D eigenvalue weighted by atomic mass is 35.5. The lowest BCUT2D eigenvalue weighted by molar-refractivity contribution is -0.121. The molecule has 1 aromatic carbocycles. The molecule has 1 N–H and O–H groups in total. The summed E-state index contributed by atoms with van der Waals surface area (Å²) in [6, 6.07) is 7.76. The fourth-order valence-corrected chi connectivity index (χ4v) is 3.38. The number of hydrogen-bond donors (Lipinski definition) is 1. The molecule has 1 aliphatic carbocycles. The van der Waals surface area contributed by atoms with Crippen LogP contribution in [0.25, 0.3) is 11.1 Å². The molecule has 2 heterocycles. The van der Waals surface area contributed by atoms with Crippen molar-refractivity contribution in [1.29, 1.82) is 0 Å². The molecule has 1 atom stereocenters. The minimum absolute atomic E-state index is 0.0396. The molecule has 1 aromatic heterocycles.